The molecule has 1 atom stereocenters. The molecule has 0 aliphatic heterocycles. The molecule has 1 aliphatic carbocycles. The Balaban J connectivity index is 1.45. The number of aromatic nitrogens is 5. The van der Waals surface area contributed by atoms with E-state index in [1.807, 2.05) is 6.92 Å². The predicted molar refractivity (Wildman–Crippen MR) is 123 cm³/mol. The average Bonchev–Trinajstić information content (AvgIpc) is 3.56. The molecule has 3 aromatic heterocycles. The number of alkyl halides is 2. The van der Waals surface area contributed by atoms with Crippen molar-refractivity contribution in [2.75, 3.05) is 10.6 Å². The Bertz CT molecular complexity index is 1260. The topological polar surface area (TPSA) is 124 Å². The smallest absolute Gasteiger partial charge is 0.413 e. The third-order valence-electron chi connectivity index (χ3n) is 5.69. The van der Waals surface area contributed by atoms with E-state index in [2.05, 4.69) is 30.9 Å². The fourth-order valence-electron chi connectivity index (χ4n) is 3.42. The molecule has 3 aromatic rings. The lowest BCUT2D eigenvalue weighted by atomic mass is 10.1. The van der Waals surface area contributed by atoms with Crippen molar-refractivity contribution < 1.29 is 23.1 Å². The zero-order valence-corrected chi connectivity index (χ0v) is 19.8. The molecule has 10 nitrogen and oxygen atoms in total. The van der Waals surface area contributed by atoms with Gasteiger partial charge in [-0.2, -0.15) is 0 Å². The number of pyridine rings is 2. The van der Waals surface area contributed by atoms with Gasteiger partial charge in [0.15, 0.2) is 11.5 Å². The molecule has 0 saturated heterocycles. The number of hydrogen-bond acceptors (Lipinski definition) is 7. The largest absolute Gasteiger partial charge is 0.441 e. The van der Waals surface area contributed by atoms with Crippen molar-refractivity contribution in [3.63, 3.8) is 0 Å². The third-order valence-corrected chi connectivity index (χ3v) is 6.01. The molecule has 35 heavy (non-hydrogen) atoms. The van der Waals surface area contributed by atoms with E-state index in [1.165, 1.54) is 23.0 Å². The molecule has 1 saturated carbocycles. The Morgan fingerprint density at radius 2 is 1.94 bits per heavy atom. The van der Waals surface area contributed by atoms with Crippen molar-refractivity contribution in [3.05, 3.63) is 46.9 Å². The summed E-state index contributed by atoms with van der Waals surface area (Å²) in [6, 6.07) is 4.81. The van der Waals surface area contributed by atoms with Crippen LogP contribution in [0.2, 0.25) is 5.15 Å². The van der Waals surface area contributed by atoms with Crippen LogP contribution in [0, 0.1) is 12.3 Å². The van der Waals surface area contributed by atoms with Gasteiger partial charge in [0.25, 0.3) is 6.43 Å². The maximum Gasteiger partial charge on any atom is 0.413 e. The van der Waals surface area contributed by atoms with Crippen LogP contribution in [-0.2, 0) is 16.6 Å². The summed E-state index contributed by atoms with van der Waals surface area (Å²) in [5.41, 5.74) is 0.657. The molecule has 0 spiro atoms. The minimum Gasteiger partial charge on any atom is -0.441 e. The highest BCUT2D eigenvalue weighted by Crippen LogP contribution is 2.51. The molecular formula is C22H22ClF2N7O3. The molecule has 2 amide bonds. The molecule has 0 bridgehead atoms. The molecule has 0 aromatic carbocycles. The van der Waals surface area contributed by atoms with Crippen LogP contribution in [0.4, 0.5) is 25.1 Å². The quantitative estimate of drug-likeness (QED) is 0.452. The van der Waals surface area contributed by atoms with Gasteiger partial charge in [0.1, 0.15) is 16.7 Å². The first-order valence-electron chi connectivity index (χ1n) is 10.7. The van der Waals surface area contributed by atoms with Gasteiger partial charge in [-0.05, 0) is 50.5 Å². The highest BCUT2D eigenvalue weighted by Gasteiger charge is 2.57. The number of hydrogen-bond donors (Lipinski definition) is 2. The van der Waals surface area contributed by atoms with Crippen LogP contribution in [-0.4, -0.2) is 43.4 Å². The summed E-state index contributed by atoms with van der Waals surface area (Å²) in [6.45, 7) is 3.51. The number of carbonyl (C=O) groups is 2. The van der Waals surface area contributed by atoms with Crippen LogP contribution >= 0.6 is 11.6 Å². The molecule has 1 aliphatic rings. The second-order valence-corrected chi connectivity index (χ2v) is 8.68. The predicted octanol–water partition coefficient (Wildman–Crippen LogP) is 4.53. The molecule has 0 unspecified atom stereocenters. The lowest BCUT2D eigenvalue weighted by Gasteiger charge is -2.16. The molecule has 184 valence electrons. The number of anilines is 2. The summed E-state index contributed by atoms with van der Waals surface area (Å²) in [5, 5.41) is 13.2. The van der Waals surface area contributed by atoms with Crippen molar-refractivity contribution in [2.24, 2.45) is 12.5 Å². The van der Waals surface area contributed by atoms with E-state index in [-0.39, 0.29) is 35.2 Å². The van der Waals surface area contributed by atoms with E-state index >= 15 is 0 Å². The van der Waals surface area contributed by atoms with Crippen molar-refractivity contribution >= 4 is 35.1 Å². The Morgan fingerprint density at radius 3 is 2.57 bits per heavy atom. The number of amides is 2. The van der Waals surface area contributed by atoms with Gasteiger partial charge in [-0.25, -0.2) is 23.2 Å². The molecule has 3 heterocycles. The number of ether oxygens (including phenoxy) is 1. The zero-order chi connectivity index (χ0) is 25.3. The van der Waals surface area contributed by atoms with Crippen LogP contribution < -0.4 is 10.6 Å². The van der Waals surface area contributed by atoms with Crippen LogP contribution in [0.3, 0.4) is 0 Å². The van der Waals surface area contributed by atoms with Crippen molar-refractivity contribution in [2.45, 2.75) is 39.2 Å². The summed E-state index contributed by atoms with van der Waals surface area (Å²) in [6.07, 6.45) is -0.936. The number of halogens is 3. The lowest BCUT2D eigenvalue weighted by Crippen LogP contribution is -2.30. The summed E-state index contributed by atoms with van der Waals surface area (Å²) in [4.78, 5) is 33.0. The lowest BCUT2D eigenvalue weighted by molar-refractivity contribution is -0.126. The molecule has 2 N–H and O–H groups in total. The first-order chi connectivity index (χ1) is 16.6. The maximum atomic E-state index is 13.1. The third kappa shape index (κ3) is 5.06. The molecule has 0 radical (unpaired) electrons. The summed E-state index contributed by atoms with van der Waals surface area (Å²) in [5.74, 6) is -0.515. The highest BCUT2D eigenvalue weighted by molar-refractivity contribution is 6.30. The van der Waals surface area contributed by atoms with Gasteiger partial charge in [0.05, 0.1) is 17.6 Å². The number of carbonyl (C=O) groups excluding carboxylic acids is 2. The fourth-order valence-corrected chi connectivity index (χ4v) is 3.68. The molecule has 4 rings (SSSR count). The second kappa shape index (κ2) is 9.53. The van der Waals surface area contributed by atoms with E-state index < -0.39 is 29.9 Å². The first kappa shape index (κ1) is 24.5. The fraction of sp³-hybridized carbons (Fsp3) is 0.364. The van der Waals surface area contributed by atoms with E-state index in [0.29, 0.717) is 11.3 Å². The SMILES string of the molecule is Cc1cnc(Cl)c([C@@H](C)OC(=O)Nc2c(-c3ccc(NC(=O)C4(C(F)F)CC4)cn3)nnn2C)c1. The van der Waals surface area contributed by atoms with Gasteiger partial charge in [-0.3, -0.25) is 15.1 Å². The van der Waals surface area contributed by atoms with Crippen molar-refractivity contribution in [3.8, 4) is 11.4 Å². The standard InChI is InChI=1S/C22H22ClF2N7O3/c1-11-8-14(17(23)27-9-11)12(2)35-21(34)29-18-16(30-31-32(18)3)15-5-4-13(10-26-15)28-20(33)22(6-7-22)19(24)25/h4-5,8-10,12,19H,6-7H2,1-3H3,(H,28,33)(H,29,34)/t12-/m1/s1. The number of nitrogens with zero attached hydrogens (tertiary/aromatic N) is 5. The molecular weight excluding hydrogens is 484 g/mol. The Labute approximate surface area is 204 Å². The monoisotopic (exact) mass is 505 g/mol. The van der Waals surface area contributed by atoms with Gasteiger partial charge in [0.2, 0.25) is 5.91 Å². The van der Waals surface area contributed by atoms with E-state index in [0.717, 1.165) is 5.56 Å². The Hall–Kier alpha value is -3.67. The maximum absolute atomic E-state index is 13.1. The average molecular weight is 506 g/mol. The number of rotatable bonds is 7. The first-order valence-corrected chi connectivity index (χ1v) is 11.0. The van der Waals surface area contributed by atoms with Gasteiger partial charge in [0, 0.05) is 18.8 Å². The Morgan fingerprint density at radius 1 is 1.20 bits per heavy atom. The minimum atomic E-state index is -2.72. The van der Waals surface area contributed by atoms with E-state index in [4.69, 9.17) is 16.3 Å². The van der Waals surface area contributed by atoms with Gasteiger partial charge >= 0.3 is 6.09 Å². The number of aryl methyl sites for hydroxylation is 2. The van der Waals surface area contributed by atoms with Crippen LogP contribution in [0.25, 0.3) is 11.4 Å². The summed E-state index contributed by atoms with van der Waals surface area (Å²) >= 11 is 6.12. The minimum absolute atomic E-state index is 0.151. The van der Waals surface area contributed by atoms with Crippen molar-refractivity contribution in [1.29, 1.82) is 0 Å². The number of nitrogens with one attached hydrogen (secondary N) is 2. The van der Waals surface area contributed by atoms with Crippen LogP contribution in [0.1, 0.15) is 37.0 Å². The van der Waals surface area contributed by atoms with Gasteiger partial charge in [-0.1, -0.05) is 16.8 Å². The van der Waals surface area contributed by atoms with Crippen LogP contribution in [0.15, 0.2) is 30.6 Å². The summed E-state index contributed by atoms with van der Waals surface area (Å²) in [7, 11) is 1.57. The second-order valence-electron chi connectivity index (χ2n) is 8.32. The van der Waals surface area contributed by atoms with Crippen LogP contribution in [0.5, 0.6) is 0 Å². The van der Waals surface area contributed by atoms with Gasteiger partial charge in [-0.15, -0.1) is 5.10 Å². The van der Waals surface area contributed by atoms with E-state index in [9.17, 15) is 18.4 Å². The Kier molecular flexibility index (Phi) is 6.66. The van der Waals surface area contributed by atoms with E-state index in [1.54, 1.807) is 26.2 Å². The zero-order valence-electron chi connectivity index (χ0n) is 19.1. The normalized spacial score (nSPS) is 14.9. The molecule has 1 fully saturated rings. The molecule has 13 heteroatoms. The summed E-state index contributed by atoms with van der Waals surface area (Å²) < 4.78 is 33.0. The van der Waals surface area contributed by atoms with Crippen molar-refractivity contribution in [1.82, 2.24) is 25.0 Å². The highest BCUT2D eigenvalue weighted by atomic mass is 35.5. The van der Waals surface area contributed by atoms with Gasteiger partial charge < -0.3 is 10.1 Å².